The summed E-state index contributed by atoms with van der Waals surface area (Å²) in [7, 11) is 0. The number of benzene rings is 4. The van der Waals surface area contributed by atoms with E-state index in [4.69, 9.17) is 9.47 Å². The molecule has 298 valence electrons. The summed E-state index contributed by atoms with van der Waals surface area (Å²) >= 11 is 0. The molecule has 5 N–H and O–H groups in total. The molecule has 2 aliphatic rings. The van der Waals surface area contributed by atoms with Gasteiger partial charge in [0.25, 0.3) is 5.91 Å². The number of likely N-dealkylation sites (tertiary alicyclic amines) is 2. The number of nitrogens with zero attached hydrogens (tertiary/aromatic N) is 2. The van der Waals surface area contributed by atoms with Crippen LogP contribution in [0.3, 0.4) is 0 Å². The summed E-state index contributed by atoms with van der Waals surface area (Å²) in [5.41, 5.74) is 4.13. The Morgan fingerprint density at radius 3 is 2.39 bits per heavy atom. The van der Waals surface area contributed by atoms with Gasteiger partial charge in [-0.15, -0.1) is 0 Å². The zero-order chi connectivity index (χ0) is 39.6. The number of aromatic nitrogens is 1. The minimum absolute atomic E-state index is 0.0291. The molecule has 3 heterocycles. The summed E-state index contributed by atoms with van der Waals surface area (Å²) in [6.07, 6.45) is 3.21. The van der Waals surface area contributed by atoms with Gasteiger partial charge in [-0.05, 0) is 80.0 Å². The van der Waals surface area contributed by atoms with Crippen LogP contribution in [-0.4, -0.2) is 89.0 Å². The van der Waals surface area contributed by atoms with Crippen molar-refractivity contribution < 1.29 is 29.3 Å². The standard InChI is InChI=1S/C45H51N5O7/c51-39-16-14-36(37-15-17-42(53)48-44(37)39)40(52)29-46-28-33-10-4-7-13-41(33)56-30-43(54)50-26-19-31(20-27-50)18-23-49-24-21-34(22-25-49)57-45(55)47-38-12-6-5-11-35(38)32-8-2-1-3-9-32/h1-17,31,34,40,46,51-52H,18-30H2,(H,47,55)(H,48,53)/t40-/m0/s1. The largest absolute Gasteiger partial charge is 0.506 e. The van der Waals surface area contributed by atoms with Gasteiger partial charge >= 0.3 is 6.09 Å². The van der Waals surface area contributed by atoms with Crippen LogP contribution in [0.2, 0.25) is 0 Å². The third kappa shape index (κ3) is 10.4. The molecule has 12 nitrogen and oxygen atoms in total. The first-order valence-corrected chi connectivity index (χ1v) is 19.9. The fourth-order valence-electron chi connectivity index (χ4n) is 7.86. The van der Waals surface area contributed by atoms with Gasteiger partial charge in [0.1, 0.15) is 17.6 Å². The molecule has 1 aromatic heterocycles. The molecule has 4 aromatic carbocycles. The van der Waals surface area contributed by atoms with Crippen LogP contribution < -0.4 is 20.9 Å². The molecule has 5 aromatic rings. The Hall–Kier alpha value is -5.69. The molecule has 0 radical (unpaired) electrons. The van der Waals surface area contributed by atoms with Crippen LogP contribution in [-0.2, 0) is 16.1 Å². The molecule has 0 unspecified atom stereocenters. The number of carbonyl (C=O) groups excluding carboxylic acids is 2. The number of rotatable bonds is 14. The van der Waals surface area contributed by atoms with Crippen molar-refractivity contribution in [2.45, 2.75) is 50.9 Å². The van der Waals surface area contributed by atoms with Crippen LogP contribution in [0.15, 0.2) is 108 Å². The minimum atomic E-state index is -0.890. The summed E-state index contributed by atoms with van der Waals surface area (Å²) in [6, 6.07) is 31.3. The number of amides is 2. The summed E-state index contributed by atoms with van der Waals surface area (Å²) in [5, 5.41) is 27.9. The Morgan fingerprint density at radius 1 is 0.842 bits per heavy atom. The SMILES string of the molecule is O=C(Nc1ccccc1-c1ccccc1)OC1CCN(CCC2CCN(C(=O)COc3ccccc3CNC[C@H](O)c3ccc(O)c4[nH]c(=O)ccc34)CC2)CC1. The number of fused-ring (bicyclic) bond motifs is 1. The number of ether oxygens (including phenoxy) is 2. The summed E-state index contributed by atoms with van der Waals surface area (Å²) in [6.45, 7) is 4.80. The lowest BCUT2D eigenvalue weighted by Gasteiger charge is -2.35. The van der Waals surface area contributed by atoms with Crippen LogP contribution in [0.4, 0.5) is 10.5 Å². The van der Waals surface area contributed by atoms with Gasteiger partial charge < -0.3 is 39.8 Å². The smallest absolute Gasteiger partial charge is 0.411 e. The number of piperidine rings is 2. The number of aromatic hydroxyl groups is 1. The molecule has 2 amide bonds. The third-order valence-corrected chi connectivity index (χ3v) is 11.1. The number of para-hydroxylation sites is 2. The second-order valence-electron chi connectivity index (χ2n) is 14.9. The Labute approximate surface area is 332 Å². The van der Waals surface area contributed by atoms with E-state index in [0.29, 0.717) is 42.3 Å². The lowest BCUT2D eigenvalue weighted by molar-refractivity contribution is -0.134. The minimum Gasteiger partial charge on any atom is -0.506 e. The van der Waals surface area contributed by atoms with Gasteiger partial charge in [-0.2, -0.15) is 0 Å². The van der Waals surface area contributed by atoms with Gasteiger partial charge in [0.2, 0.25) is 5.56 Å². The summed E-state index contributed by atoms with van der Waals surface area (Å²) in [4.78, 5) is 44.7. The van der Waals surface area contributed by atoms with Crippen LogP contribution in [0.5, 0.6) is 11.5 Å². The van der Waals surface area contributed by atoms with E-state index in [1.54, 1.807) is 12.1 Å². The molecular formula is C45H51N5O7. The number of aromatic amines is 1. The first kappa shape index (κ1) is 39.5. The van der Waals surface area contributed by atoms with Crippen molar-refractivity contribution in [2.75, 3.05) is 51.2 Å². The normalized spacial score (nSPS) is 16.0. The van der Waals surface area contributed by atoms with E-state index < -0.39 is 12.2 Å². The van der Waals surface area contributed by atoms with Crippen molar-refractivity contribution in [1.82, 2.24) is 20.1 Å². The molecule has 0 spiro atoms. The highest BCUT2D eigenvalue weighted by atomic mass is 16.6. The Bertz CT molecular complexity index is 2180. The maximum absolute atomic E-state index is 13.2. The van der Waals surface area contributed by atoms with E-state index in [-0.39, 0.29) is 42.0 Å². The Morgan fingerprint density at radius 2 is 1.58 bits per heavy atom. The van der Waals surface area contributed by atoms with E-state index in [1.165, 1.54) is 12.1 Å². The van der Waals surface area contributed by atoms with Crippen LogP contribution >= 0.6 is 0 Å². The fraction of sp³-hybridized carbons (Fsp3) is 0.356. The molecule has 2 fully saturated rings. The van der Waals surface area contributed by atoms with E-state index in [1.807, 2.05) is 83.8 Å². The first-order valence-electron chi connectivity index (χ1n) is 19.9. The van der Waals surface area contributed by atoms with Gasteiger partial charge in [-0.1, -0.05) is 72.8 Å². The van der Waals surface area contributed by atoms with Gasteiger partial charge in [0, 0.05) is 61.8 Å². The van der Waals surface area contributed by atoms with Crippen molar-refractivity contribution >= 4 is 28.6 Å². The Kier molecular flexibility index (Phi) is 13.2. The van der Waals surface area contributed by atoms with E-state index >= 15 is 0 Å². The highest BCUT2D eigenvalue weighted by molar-refractivity contribution is 5.91. The number of phenols is 1. The predicted molar refractivity (Wildman–Crippen MR) is 220 cm³/mol. The summed E-state index contributed by atoms with van der Waals surface area (Å²) < 4.78 is 11.8. The molecule has 0 saturated carbocycles. The number of H-pyrrole nitrogens is 1. The van der Waals surface area contributed by atoms with Gasteiger partial charge in [0.05, 0.1) is 17.3 Å². The average molecular weight is 774 g/mol. The van der Waals surface area contributed by atoms with Crippen molar-refractivity contribution in [2.24, 2.45) is 5.92 Å². The molecule has 57 heavy (non-hydrogen) atoms. The van der Waals surface area contributed by atoms with Crippen molar-refractivity contribution in [3.05, 3.63) is 125 Å². The van der Waals surface area contributed by atoms with Crippen molar-refractivity contribution in [3.63, 3.8) is 0 Å². The number of anilines is 1. The number of aliphatic hydroxyl groups is 1. The number of phenolic OH excluding ortho intramolecular Hbond substituents is 1. The van der Waals surface area contributed by atoms with Crippen LogP contribution in [0.1, 0.15) is 49.3 Å². The summed E-state index contributed by atoms with van der Waals surface area (Å²) in [5.74, 6) is 1.08. The fourth-order valence-corrected chi connectivity index (χ4v) is 7.86. The van der Waals surface area contributed by atoms with E-state index in [2.05, 4.69) is 20.5 Å². The highest BCUT2D eigenvalue weighted by Gasteiger charge is 2.26. The molecule has 0 bridgehead atoms. The zero-order valence-electron chi connectivity index (χ0n) is 32.1. The molecule has 12 heteroatoms. The monoisotopic (exact) mass is 773 g/mol. The third-order valence-electron chi connectivity index (χ3n) is 11.1. The molecule has 2 saturated heterocycles. The number of pyridine rings is 1. The molecule has 7 rings (SSSR count). The van der Waals surface area contributed by atoms with Gasteiger partial charge in [-0.25, -0.2) is 4.79 Å². The van der Waals surface area contributed by atoms with Crippen molar-refractivity contribution in [1.29, 1.82) is 0 Å². The van der Waals surface area contributed by atoms with Crippen LogP contribution in [0, 0.1) is 5.92 Å². The first-order chi connectivity index (χ1) is 27.8. The Balaban J connectivity index is 0.788. The molecular weight excluding hydrogens is 723 g/mol. The number of carbonyl (C=O) groups is 2. The predicted octanol–water partition coefficient (Wildman–Crippen LogP) is 6.44. The maximum Gasteiger partial charge on any atom is 0.411 e. The van der Waals surface area contributed by atoms with Gasteiger partial charge in [-0.3, -0.25) is 14.9 Å². The number of hydrogen-bond donors (Lipinski definition) is 5. The number of nitrogens with one attached hydrogen (secondary N) is 3. The van der Waals surface area contributed by atoms with E-state index in [9.17, 15) is 24.6 Å². The second kappa shape index (κ2) is 19.0. The van der Waals surface area contributed by atoms with Crippen LogP contribution in [0.25, 0.3) is 22.0 Å². The average Bonchev–Trinajstić information content (AvgIpc) is 3.24. The topological polar surface area (TPSA) is 156 Å². The van der Waals surface area contributed by atoms with Gasteiger partial charge in [0.15, 0.2) is 6.61 Å². The number of hydrogen-bond acceptors (Lipinski definition) is 9. The van der Waals surface area contributed by atoms with E-state index in [0.717, 1.165) is 74.1 Å². The molecule has 1 atom stereocenters. The lowest BCUT2D eigenvalue weighted by atomic mass is 9.93. The van der Waals surface area contributed by atoms with Crippen molar-refractivity contribution in [3.8, 4) is 22.6 Å². The second-order valence-corrected chi connectivity index (χ2v) is 14.9. The number of aliphatic hydroxyl groups excluding tert-OH is 1. The quantitative estimate of drug-likeness (QED) is 0.0857. The maximum atomic E-state index is 13.2. The molecule has 0 aliphatic carbocycles. The molecule has 2 aliphatic heterocycles. The lowest BCUT2D eigenvalue weighted by Crippen LogP contribution is -2.42. The highest BCUT2D eigenvalue weighted by Crippen LogP contribution is 2.30. The zero-order valence-corrected chi connectivity index (χ0v) is 32.1.